The lowest BCUT2D eigenvalue weighted by atomic mass is 9.98. The molecule has 0 unspecified atom stereocenters. The molecule has 1 aromatic carbocycles. The smallest absolute Gasteiger partial charge is 0.257 e. The molecule has 3 amide bonds. The normalized spacial score (nSPS) is 20.7. The summed E-state index contributed by atoms with van der Waals surface area (Å²) in [6.07, 6.45) is 1.81. The summed E-state index contributed by atoms with van der Waals surface area (Å²) in [7, 11) is 0. The zero-order chi connectivity index (χ0) is 20.8. The molecule has 2 aliphatic rings. The minimum Gasteiger partial charge on any atom is -0.315 e. The highest BCUT2D eigenvalue weighted by Gasteiger charge is 2.52. The standard InChI is InChI=1S/C21H24N4O3S/c1-13-14(2)29-20(22-13)23-17(26)9-6-12-24-19(28)15-7-4-5-8-16(15)25-18(27)10-11-21(24,25)3/h4-5,7-8H,6,9-12H2,1-3H3,(H,22,23,26)/t21-/m0/s1. The molecule has 1 fully saturated rings. The van der Waals surface area contributed by atoms with Crippen molar-refractivity contribution in [3.8, 4) is 0 Å². The first-order chi connectivity index (χ1) is 13.8. The molecular weight excluding hydrogens is 388 g/mol. The maximum absolute atomic E-state index is 13.2. The Bertz CT molecular complexity index is 982. The van der Waals surface area contributed by atoms with Crippen LogP contribution in [0.1, 0.15) is 53.5 Å². The van der Waals surface area contributed by atoms with Gasteiger partial charge in [-0.3, -0.25) is 19.3 Å². The predicted octanol–water partition coefficient (Wildman–Crippen LogP) is 3.48. The van der Waals surface area contributed by atoms with Crippen molar-refractivity contribution in [3.05, 3.63) is 40.4 Å². The van der Waals surface area contributed by atoms with E-state index in [-0.39, 0.29) is 24.1 Å². The second-order valence-electron chi connectivity index (χ2n) is 7.73. The Kier molecular flexibility index (Phi) is 4.90. The van der Waals surface area contributed by atoms with Crippen LogP contribution in [-0.4, -0.2) is 39.8 Å². The lowest BCUT2D eigenvalue weighted by Crippen LogP contribution is -2.62. The zero-order valence-corrected chi connectivity index (χ0v) is 17.6. The Hall–Kier alpha value is -2.74. The SMILES string of the molecule is Cc1nc(NC(=O)CCCN2C(=O)c3ccccc3N3C(=O)CC[C@@]23C)sc1C. The molecule has 1 N–H and O–H groups in total. The number of nitrogens with one attached hydrogen (secondary N) is 1. The Morgan fingerprint density at radius 1 is 1.28 bits per heavy atom. The third kappa shape index (κ3) is 3.31. The molecule has 0 aliphatic carbocycles. The summed E-state index contributed by atoms with van der Waals surface area (Å²) < 4.78 is 0. The first-order valence-electron chi connectivity index (χ1n) is 9.79. The van der Waals surface area contributed by atoms with Crippen LogP contribution >= 0.6 is 11.3 Å². The largest absolute Gasteiger partial charge is 0.315 e. The Balaban J connectivity index is 1.46. The fourth-order valence-corrected chi connectivity index (χ4v) is 4.98. The molecule has 1 atom stereocenters. The van der Waals surface area contributed by atoms with Gasteiger partial charge >= 0.3 is 0 Å². The lowest BCUT2D eigenvalue weighted by molar-refractivity contribution is -0.118. The minimum absolute atomic E-state index is 0.0321. The first kappa shape index (κ1) is 19.6. The van der Waals surface area contributed by atoms with Gasteiger partial charge in [-0.15, -0.1) is 11.3 Å². The van der Waals surface area contributed by atoms with Gasteiger partial charge in [-0.2, -0.15) is 0 Å². The molecule has 1 saturated heterocycles. The second kappa shape index (κ2) is 7.26. The molecule has 7 nitrogen and oxygen atoms in total. The number of anilines is 2. The summed E-state index contributed by atoms with van der Waals surface area (Å²) >= 11 is 1.46. The van der Waals surface area contributed by atoms with Crippen LogP contribution in [0, 0.1) is 13.8 Å². The van der Waals surface area contributed by atoms with E-state index in [1.807, 2.05) is 39.0 Å². The van der Waals surface area contributed by atoms with Crippen LogP contribution in [-0.2, 0) is 9.59 Å². The van der Waals surface area contributed by atoms with Gasteiger partial charge in [0.25, 0.3) is 5.91 Å². The number of carbonyl (C=O) groups is 3. The van der Waals surface area contributed by atoms with E-state index in [0.29, 0.717) is 42.2 Å². The van der Waals surface area contributed by atoms with Gasteiger partial charge in [-0.25, -0.2) is 4.98 Å². The van der Waals surface area contributed by atoms with E-state index in [9.17, 15) is 14.4 Å². The molecule has 2 aromatic rings. The molecule has 0 saturated carbocycles. The fraction of sp³-hybridized carbons (Fsp3) is 0.429. The molecule has 8 heteroatoms. The summed E-state index contributed by atoms with van der Waals surface area (Å²) in [6.45, 7) is 6.23. The quantitative estimate of drug-likeness (QED) is 0.815. The number of carbonyl (C=O) groups excluding carboxylic acids is 3. The van der Waals surface area contributed by atoms with E-state index < -0.39 is 5.66 Å². The Labute approximate surface area is 173 Å². The van der Waals surface area contributed by atoms with Crippen LogP contribution in [0.2, 0.25) is 0 Å². The van der Waals surface area contributed by atoms with Crippen molar-refractivity contribution < 1.29 is 14.4 Å². The van der Waals surface area contributed by atoms with Crippen molar-refractivity contribution in [1.82, 2.24) is 9.88 Å². The average molecular weight is 413 g/mol. The number of thiazole rings is 1. The molecule has 29 heavy (non-hydrogen) atoms. The highest BCUT2D eigenvalue weighted by Crippen LogP contribution is 2.44. The van der Waals surface area contributed by atoms with Gasteiger partial charge in [0.2, 0.25) is 11.8 Å². The van der Waals surface area contributed by atoms with Gasteiger partial charge in [0.1, 0.15) is 5.66 Å². The molecular formula is C21H24N4O3S. The van der Waals surface area contributed by atoms with Crippen molar-refractivity contribution >= 4 is 39.9 Å². The number of fused-ring (bicyclic) bond motifs is 3. The number of aryl methyl sites for hydroxylation is 2. The lowest BCUT2D eigenvalue weighted by Gasteiger charge is -2.48. The van der Waals surface area contributed by atoms with Gasteiger partial charge in [-0.05, 0) is 45.7 Å². The summed E-state index contributed by atoms with van der Waals surface area (Å²) in [5.74, 6) is -0.168. The number of nitrogens with zero attached hydrogens (tertiary/aromatic N) is 3. The summed E-state index contributed by atoms with van der Waals surface area (Å²) in [4.78, 5) is 46.9. The second-order valence-corrected chi connectivity index (χ2v) is 8.94. The molecule has 0 bridgehead atoms. The van der Waals surface area contributed by atoms with Crippen LogP contribution < -0.4 is 10.2 Å². The number of para-hydroxylation sites is 1. The summed E-state index contributed by atoms with van der Waals surface area (Å²) in [6, 6.07) is 7.25. The van der Waals surface area contributed by atoms with E-state index in [2.05, 4.69) is 10.3 Å². The molecule has 0 spiro atoms. The topological polar surface area (TPSA) is 82.6 Å². The van der Waals surface area contributed by atoms with Crippen molar-refractivity contribution in [3.63, 3.8) is 0 Å². The van der Waals surface area contributed by atoms with E-state index in [4.69, 9.17) is 0 Å². The zero-order valence-electron chi connectivity index (χ0n) is 16.8. The number of hydrogen-bond donors (Lipinski definition) is 1. The minimum atomic E-state index is -0.678. The molecule has 3 heterocycles. The summed E-state index contributed by atoms with van der Waals surface area (Å²) in [5.41, 5.74) is 1.47. The van der Waals surface area contributed by atoms with Crippen molar-refractivity contribution in [2.75, 3.05) is 16.8 Å². The number of benzene rings is 1. The van der Waals surface area contributed by atoms with Gasteiger partial charge in [0.05, 0.1) is 16.9 Å². The predicted molar refractivity (Wildman–Crippen MR) is 112 cm³/mol. The maximum atomic E-state index is 13.2. The van der Waals surface area contributed by atoms with Crippen molar-refractivity contribution in [2.45, 2.75) is 52.1 Å². The van der Waals surface area contributed by atoms with Crippen molar-refractivity contribution in [1.29, 1.82) is 0 Å². The van der Waals surface area contributed by atoms with Crippen LogP contribution in [0.4, 0.5) is 10.8 Å². The van der Waals surface area contributed by atoms with Gasteiger partial charge in [0, 0.05) is 24.3 Å². The van der Waals surface area contributed by atoms with Gasteiger partial charge in [0.15, 0.2) is 5.13 Å². The number of rotatable bonds is 5. The van der Waals surface area contributed by atoms with Crippen molar-refractivity contribution in [2.24, 2.45) is 0 Å². The molecule has 2 aliphatic heterocycles. The van der Waals surface area contributed by atoms with Crippen LogP contribution in [0.3, 0.4) is 0 Å². The fourth-order valence-electron chi connectivity index (χ4n) is 4.15. The van der Waals surface area contributed by atoms with Crippen LogP contribution in [0.5, 0.6) is 0 Å². The number of aromatic nitrogens is 1. The van der Waals surface area contributed by atoms with E-state index in [0.717, 1.165) is 10.6 Å². The maximum Gasteiger partial charge on any atom is 0.257 e. The Morgan fingerprint density at radius 2 is 2.03 bits per heavy atom. The molecule has 1 aromatic heterocycles. The first-order valence-corrected chi connectivity index (χ1v) is 10.6. The third-order valence-electron chi connectivity index (χ3n) is 5.81. The monoisotopic (exact) mass is 412 g/mol. The van der Waals surface area contributed by atoms with Gasteiger partial charge < -0.3 is 10.2 Å². The molecule has 4 rings (SSSR count). The third-order valence-corrected chi connectivity index (χ3v) is 6.79. The molecule has 152 valence electrons. The highest BCUT2D eigenvalue weighted by atomic mass is 32.1. The number of hydrogen-bond acceptors (Lipinski definition) is 5. The number of amides is 3. The highest BCUT2D eigenvalue weighted by molar-refractivity contribution is 7.15. The van der Waals surface area contributed by atoms with E-state index in [1.54, 1.807) is 15.9 Å². The summed E-state index contributed by atoms with van der Waals surface area (Å²) in [5, 5.41) is 3.44. The Morgan fingerprint density at radius 3 is 2.76 bits per heavy atom. The van der Waals surface area contributed by atoms with E-state index >= 15 is 0 Å². The van der Waals surface area contributed by atoms with E-state index in [1.165, 1.54) is 11.3 Å². The van der Waals surface area contributed by atoms with Gasteiger partial charge in [-0.1, -0.05) is 12.1 Å². The average Bonchev–Trinajstić information content (AvgIpc) is 3.16. The van der Waals surface area contributed by atoms with Crippen LogP contribution in [0.25, 0.3) is 0 Å². The van der Waals surface area contributed by atoms with Crippen LogP contribution in [0.15, 0.2) is 24.3 Å². The molecule has 0 radical (unpaired) electrons.